The van der Waals surface area contributed by atoms with Crippen LogP contribution < -0.4 is 5.73 Å². The lowest BCUT2D eigenvalue weighted by Gasteiger charge is -2.11. The average molecular weight is 257 g/mol. The van der Waals surface area contributed by atoms with Crippen molar-refractivity contribution in [2.45, 2.75) is 37.0 Å². The van der Waals surface area contributed by atoms with Crippen molar-refractivity contribution in [3.8, 4) is 0 Å². The number of hydrogen-bond donors (Lipinski definition) is 1. The largest absolute Gasteiger partial charge is 0.398 e. The van der Waals surface area contributed by atoms with Gasteiger partial charge in [0.2, 0.25) is 5.92 Å². The van der Waals surface area contributed by atoms with Crippen LogP contribution in [0.4, 0.5) is 14.5 Å². The van der Waals surface area contributed by atoms with Gasteiger partial charge < -0.3 is 5.73 Å². The van der Waals surface area contributed by atoms with Crippen LogP contribution in [0.2, 0.25) is 0 Å². The predicted octanol–water partition coefficient (Wildman–Crippen LogP) is 4.10. The van der Waals surface area contributed by atoms with Gasteiger partial charge in [-0.3, -0.25) is 0 Å². The number of alkyl halides is 2. The maximum absolute atomic E-state index is 13.0. The Kier molecular flexibility index (Phi) is 3.61. The number of benzene rings is 1. The number of aryl methyl sites for hydroxylation is 1. The summed E-state index contributed by atoms with van der Waals surface area (Å²) in [5, 5.41) is 0. The Morgan fingerprint density at radius 2 is 2.24 bits per heavy atom. The lowest BCUT2D eigenvalue weighted by Crippen LogP contribution is -2.10. The number of nitrogens with two attached hydrogens (primary N) is 1. The molecule has 0 spiro atoms. The minimum atomic E-state index is -2.44. The third-order valence-corrected chi connectivity index (χ3v) is 4.45. The fourth-order valence-electron chi connectivity index (χ4n) is 2.16. The van der Waals surface area contributed by atoms with Crippen molar-refractivity contribution in [3.05, 3.63) is 23.8 Å². The van der Waals surface area contributed by atoms with Crippen LogP contribution in [0.5, 0.6) is 0 Å². The summed E-state index contributed by atoms with van der Waals surface area (Å²) >= 11 is 1.60. The number of thioether (sulfide) groups is 1. The fraction of sp³-hybridized carbons (Fsp3) is 0.538. The maximum atomic E-state index is 13.0. The third kappa shape index (κ3) is 3.35. The van der Waals surface area contributed by atoms with Crippen molar-refractivity contribution in [1.29, 1.82) is 0 Å². The van der Waals surface area contributed by atoms with E-state index in [-0.39, 0.29) is 18.8 Å². The highest BCUT2D eigenvalue weighted by atomic mass is 32.2. The first kappa shape index (κ1) is 12.7. The average Bonchev–Trinajstić information content (AvgIpc) is 2.60. The molecule has 1 aromatic carbocycles. The van der Waals surface area contributed by atoms with E-state index in [9.17, 15) is 8.78 Å². The molecule has 94 valence electrons. The number of anilines is 1. The van der Waals surface area contributed by atoms with E-state index in [0.717, 1.165) is 21.9 Å². The molecule has 17 heavy (non-hydrogen) atoms. The Balaban J connectivity index is 1.92. The molecular formula is C13H17F2NS. The Morgan fingerprint density at radius 3 is 2.88 bits per heavy atom. The zero-order valence-corrected chi connectivity index (χ0v) is 10.7. The summed E-state index contributed by atoms with van der Waals surface area (Å²) < 4.78 is 26.1. The second kappa shape index (κ2) is 4.84. The van der Waals surface area contributed by atoms with Crippen LogP contribution in [0.15, 0.2) is 23.1 Å². The van der Waals surface area contributed by atoms with Crippen LogP contribution in [0.3, 0.4) is 0 Å². The van der Waals surface area contributed by atoms with Gasteiger partial charge in [-0.1, -0.05) is 6.07 Å². The molecule has 0 bridgehead atoms. The van der Waals surface area contributed by atoms with Crippen molar-refractivity contribution in [1.82, 2.24) is 0 Å². The molecule has 2 rings (SSSR count). The molecule has 0 aromatic heterocycles. The topological polar surface area (TPSA) is 26.0 Å². The SMILES string of the molecule is Cc1ccc(N)c(SCC2CCC(F)(F)C2)c1. The van der Waals surface area contributed by atoms with E-state index >= 15 is 0 Å². The minimum Gasteiger partial charge on any atom is -0.398 e. The van der Waals surface area contributed by atoms with Gasteiger partial charge in [0.25, 0.3) is 0 Å². The molecule has 1 fully saturated rings. The quantitative estimate of drug-likeness (QED) is 0.651. The van der Waals surface area contributed by atoms with E-state index in [2.05, 4.69) is 0 Å². The van der Waals surface area contributed by atoms with Crippen LogP contribution in [-0.4, -0.2) is 11.7 Å². The second-order valence-corrected chi connectivity index (χ2v) is 5.88. The molecule has 1 aliphatic rings. The maximum Gasteiger partial charge on any atom is 0.248 e. The van der Waals surface area contributed by atoms with Crippen LogP contribution in [0, 0.1) is 12.8 Å². The smallest absolute Gasteiger partial charge is 0.248 e. The molecule has 1 saturated carbocycles. The molecule has 0 amide bonds. The molecule has 1 aromatic rings. The number of halogens is 2. The summed E-state index contributed by atoms with van der Waals surface area (Å²) in [5.74, 6) is -1.58. The molecule has 1 nitrogen and oxygen atoms in total. The Morgan fingerprint density at radius 1 is 1.47 bits per heavy atom. The fourth-order valence-corrected chi connectivity index (χ4v) is 3.36. The zero-order chi connectivity index (χ0) is 12.5. The standard InChI is InChI=1S/C13H17F2NS/c1-9-2-3-11(16)12(6-9)17-8-10-4-5-13(14,15)7-10/h2-3,6,10H,4-5,7-8,16H2,1H3. The first-order chi connectivity index (χ1) is 7.96. The molecule has 0 saturated heterocycles. The van der Waals surface area contributed by atoms with Gasteiger partial charge in [-0.2, -0.15) is 0 Å². The first-order valence-corrected chi connectivity index (χ1v) is 6.81. The highest BCUT2D eigenvalue weighted by Gasteiger charge is 2.39. The van der Waals surface area contributed by atoms with Crippen molar-refractivity contribution in [2.24, 2.45) is 5.92 Å². The molecule has 1 aliphatic carbocycles. The summed E-state index contributed by atoms with van der Waals surface area (Å²) in [5.41, 5.74) is 7.75. The predicted molar refractivity (Wildman–Crippen MR) is 68.6 cm³/mol. The number of rotatable bonds is 3. The van der Waals surface area contributed by atoms with Crippen LogP contribution in [0.25, 0.3) is 0 Å². The van der Waals surface area contributed by atoms with E-state index < -0.39 is 5.92 Å². The monoisotopic (exact) mass is 257 g/mol. The summed E-state index contributed by atoms with van der Waals surface area (Å²) in [6.07, 6.45) is 0.707. The van der Waals surface area contributed by atoms with Crippen molar-refractivity contribution in [3.63, 3.8) is 0 Å². The molecule has 4 heteroatoms. The molecule has 1 unspecified atom stereocenters. The normalized spacial score (nSPS) is 22.9. The Bertz CT molecular complexity index is 406. The summed E-state index contributed by atoms with van der Waals surface area (Å²) in [7, 11) is 0. The van der Waals surface area contributed by atoms with Crippen molar-refractivity contribution >= 4 is 17.4 Å². The van der Waals surface area contributed by atoms with Crippen molar-refractivity contribution in [2.75, 3.05) is 11.5 Å². The van der Waals surface area contributed by atoms with E-state index in [0.29, 0.717) is 6.42 Å². The molecule has 0 aliphatic heterocycles. The highest BCUT2D eigenvalue weighted by molar-refractivity contribution is 7.99. The molecule has 2 N–H and O–H groups in total. The molecule has 0 radical (unpaired) electrons. The number of nitrogen functional groups attached to an aromatic ring is 1. The van der Waals surface area contributed by atoms with E-state index in [4.69, 9.17) is 5.73 Å². The number of hydrogen-bond acceptors (Lipinski definition) is 2. The summed E-state index contributed by atoms with van der Waals surface area (Å²) in [4.78, 5) is 1.01. The Hall–Kier alpha value is -0.770. The lowest BCUT2D eigenvalue weighted by atomic mass is 10.1. The summed E-state index contributed by atoms with van der Waals surface area (Å²) in [6, 6.07) is 5.86. The van der Waals surface area contributed by atoms with Gasteiger partial charge in [0, 0.05) is 29.2 Å². The molecule has 1 atom stereocenters. The minimum absolute atomic E-state index is 0.0335. The lowest BCUT2D eigenvalue weighted by molar-refractivity contribution is 0.00596. The van der Waals surface area contributed by atoms with Gasteiger partial charge in [0.1, 0.15) is 0 Å². The highest BCUT2D eigenvalue weighted by Crippen LogP contribution is 2.41. The van der Waals surface area contributed by atoms with Crippen LogP contribution >= 0.6 is 11.8 Å². The van der Waals surface area contributed by atoms with Gasteiger partial charge in [0.05, 0.1) is 0 Å². The van der Waals surface area contributed by atoms with E-state index in [1.54, 1.807) is 11.8 Å². The second-order valence-electron chi connectivity index (χ2n) is 4.82. The van der Waals surface area contributed by atoms with Gasteiger partial charge in [0.15, 0.2) is 0 Å². The van der Waals surface area contributed by atoms with Crippen LogP contribution in [0.1, 0.15) is 24.8 Å². The molecular weight excluding hydrogens is 240 g/mol. The third-order valence-electron chi connectivity index (χ3n) is 3.15. The van der Waals surface area contributed by atoms with Gasteiger partial charge in [-0.05, 0) is 37.0 Å². The van der Waals surface area contributed by atoms with Gasteiger partial charge in [-0.25, -0.2) is 8.78 Å². The first-order valence-electron chi connectivity index (χ1n) is 5.83. The van der Waals surface area contributed by atoms with Gasteiger partial charge >= 0.3 is 0 Å². The zero-order valence-electron chi connectivity index (χ0n) is 9.88. The van der Waals surface area contributed by atoms with Crippen molar-refractivity contribution < 1.29 is 8.78 Å². The van der Waals surface area contributed by atoms with E-state index in [1.165, 1.54) is 0 Å². The summed E-state index contributed by atoms with van der Waals surface area (Å²) in [6.45, 7) is 2.01. The van der Waals surface area contributed by atoms with Crippen LogP contribution in [-0.2, 0) is 0 Å². The molecule has 0 heterocycles. The Labute approximate surface area is 105 Å². The van der Waals surface area contributed by atoms with E-state index in [1.807, 2.05) is 25.1 Å². The van der Waals surface area contributed by atoms with Gasteiger partial charge in [-0.15, -0.1) is 11.8 Å².